The number of hydrogen-bond donors (Lipinski definition) is 3. The Labute approximate surface area is 210 Å². The third kappa shape index (κ3) is 9.18. The summed E-state index contributed by atoms with van der Waals surface area (Å²) < 4.78 is 11.0. The molecule has 1 unspecified atom stereocenters. The van der Waals surface area contributed by atoms with Gasteiger partial charge in [0, 0.05) is 5.56 Å². The van der Waals surface area contributed by atoms with Crippen molar-refractivity contribution < 1.29 is 33.5 Å². The van der Waals surface area contributed by atoms with Gasteiger partial charge in [-0.25, -0.2) is 9.86 Å². The topological polar surface area (TPSA) is 138 Å². The second kappa shape index (κ2) is 13.4. The quantitative estimate of drug-likeness (QED) is 0.0949. The highest BCUT2D eigenvalue weighted by Crippen LogP contribution is 2.24. The van der Waals surface area contributed by atoms with Gasteiger partial charge in [0.2, 0.25) is 12.3 Å². The molecular formula is C26H35N3O7. The van der Waals surface area contributed by atoms with Gasteiger partial charge < -0.3 is 19.8 Å². The van der Waals surface area contributed by atoms with Gasteiger partial charge in [-0.05, 0) is 51.5 Å². The largest absolute Gasteiger partial charge is 0.456 e. The Hall–Kier alpha value is -3.66. The fourth-order valence-corrected chi connectivity index (χ4v) is 3.41. The minimum Gasteiger partial charge on any atom is -0.456 e. The molecule has 0 aliphatic carbocycles. The van der Waals surface area contributed by atoms with Crippen molar-refractivity contribution in [3.05, 3.63) is 47.7 Å². The van der Waals surface area contributed by atoms with E-state index in [0.29, 0.717) is 28.4 Å². The summed E-state index contributed by atoms with van der Waals surface area (Å²) in [7, 11) is 0. The van der Waals surface area contributed by atoms with E-state index in [4.69, 9.17) is 9.15 Å². The molecule has 1 aromatic heterocycles. The van der Waals surface area contributed by atoms with Crippen LogP contribution in [0.5, 0.6) is 0 Å². The number of ether oxygens (including phenoxy) is 1. The SMILES string of the molecule is CCCCCC(CN(O)C=O)C(=O)NCNC(=O)c1ccc(-c2cccc(C(=O)OC(C)(C)C)c2)o1. The highest BCUT2D eigenvalue weighted by Gasteiger charge is 2.21. The third-order valence-corrected chi connectivity index (χ3v) is 5.18. The number of hydrogen-bond acceptors (Lipinski definition) is 7. The van der Waals surface area contributed by atoms with Crippen LogP contribution in [0.4, 0.5) is 0 Å². The minimum absolute atomic E-state index is 0.0314. The Balaban J connectivity index is 1.95. The molecule has 10 heteroatoms. The van der Waals surface area contributed by atoms with Crippen LogP contribution in [0.2, 0.25) is 0 Å². The van der Waals surface area contributed by atoms with E-state index < -0.39 is 23.4 Å². The smallest absolute Gasteiger partial charge is 0.338 e. The molecule has 0 bridgehead atoms. The Morgan fingerprint density at radius 1 is 1.14 bits per heavy atom. The van der Waals surface area contributed by atoms with Gasteiger partial charge in [0.15, 0.2) is 5.76 Å². The zero-order valence-corrected chi connectivity index (χ0v) is 21.2. The maximum atomic E-state index is 12.5. The summed E-state index contributed by atoms with van der Waals surface area (Å²) >= 11 is 0. The molecule has 3 amide bonds. The maximum Gasteiger partial charge on any atom is 0.338 e. The first-order chi connectivity index (χ1) is 17.0. The Morgan fingerprint density at radius 3 is 2.56 bits per heavy atom. The first kappa shape index (κ1) is 28.6. The monoisotopic (exact) mass is 501 g/mol. The summed E-state index contributed by atoms with van der Waals surface area (Å²) in [6, 6.07) is 9.81. The molecule has 2 aromatic rings. The molecule has 0 fully saturated rings. The zero-order chi connectivity index (χ0) is 26.7. The first-order valence-corrected chi connectivity index (χ1v) is 11.9. The molecule has 3 N–H and O–H groups in total. The molecule has 0 aliphatic rings. The van der Waals surface area contributed by atoms with Gasteiger partial charge in [-0.2, -0.15) is 0 Å². The van der Waals surface area contributed by atoms with Gasteiger partial charge in [-0.3, -0.25) is 19.6 Å². The summed E-state index contributed by atoms with van der Waals surface area (Å²) in [5.74, 6) is -1.56. The average Bonchev–Trinajstić information content (AvgIpc) is 3.33. The van der Waals surface area contributed by atoms with Crippen molar-refractivity contribution in [2.24, 2.45) is 5.92 Å². The van der Waals surface area contributed by atoms with Gasteiger partial charge in [0.25, 0.3) is 5.91 Å². The Bertz CT molecular complexity index is 1040. The van der Waals surface area contributed by atoms with E-state index in [2.05, 4.69) is 10.6 Å². The van der Waals surface area contributed by atoms with Crippen LogP contribution in [-0.2, 0) is 14.3 Å². The van der Waals surface area contributed by atoms with Crippen LogP contribution < -0.4 is 10.6 Å². The molecule has 2 rings (SSSR count). The third-order valence-electron chi connectivity index (χ3n) is 5.18. The number of carbonyl (C=O) groups excluding carboxylic acids is 4. The van der Waals surface area contributed by atoms with Crippen LogP contribution in [0.25, 0.3) is 11.3 Å². The van der Waals surface area contributed by atoms with Gasteiger partial charge in [0.1, 0.15) is 11.4 Å². The fourth-order valence-electron chi connectivity index (χ4n) is 3.41. The van der Waals surface area contributed by atoms with Crippen molar-refractivity contribution in [2.45, 2.75) is 59.0 Å². The number of benzene rings is 1. The van der Waals surface area contributed by atoms with E-state index in [-0.39, 0.29) is 31.3 Å². The molecule has 0 aliphatic heterocycles. The van der Waals surface area contributed by atoms with Crippen molar-refractivity contribution in [2.75, 3.05) is 13.2 Å². The minimum atomic E-state index is -0.625. The molecule has 10 nitrogen and oxygen atoms in total. The molecule has 1 heterocycles. The van der Waals surface area contributed by atoms with Crippen LogP contribution >= 0.6 is 0 Å². The summed E-state index contributed by atoms with van der Waals surface area (Å²) in [4.78, 5) is 48.0. The van der Waals surface area contributed by atoms with Crippen molar-refractivity contribution >= 4 is 24.2 Å². The lowest BCUT2D eigenvalue weighted by Crippen LogP contribution is -2.42. The molecule has 0 saturated carbocycles. The number of unbranched alkanes of at least 4 members (excludes halogenated alkanes) is 2. The van der Waals surface area contributed by atoms with Crippen LogP contribution in [0.3, 0.4) is 0 Å². The number of rotatable bonds is 13. The molecule has 36 heavy (non-hydrogen) atoms. The summed E-state index contributed by atoms with van der Waals surface area (Å²) in [6.45, 7) is 7.11. The fraction of sp³-hybridized carbons (Fsp3) is 0.462. The van der Waals surface area contributed by atoms with Crippen LogP contribution in [-0.4, -0.2) is 53.3 Å². The Kier molecular flexibility index (Phi) is 10.7. The second-order valence-corrected chi connectivity index (χ2v) is 9.39. The number of furan rings is 1. The second-order valence-electron chi connectivity index (χ2n) is 9.39. The van der Waals surface area contributed by atoms with E-state index in [1.165, 1.54) is 6.07 Å². The summed E-state index contributed by atoms with van der Waals surface area (Å²) in [5.41, 5.74) is 0.335. The zero-order valence-electron chi connectivity index (χ0n) is 21.2. The van der Waals surface area contributed by atoms with Gasteiger partial charge in [-0.1, -0.05) is 38.3 Å². The molecule has 0 saturated heterocycles. The highest BCUT2D eigenvalue weighted by atomic mass is 16.6. The first-order valence-electron chi connectivity index (χ1n) is 11.9. The van der Waals surface area contributed by atoms with Crippen LogP contribution in [0.15, 0.2) is 40.8 Å². The van der Waals surface area contributed by atoms with E-state index >= 15 is 0 Å². The predicted octanol–water partition coefficient (Wildman–Crippen LogP) is 3.75. The van der Waals surface area contributed by atoms with Crippen molar-refractivity contribution in [1.82, 2.24) is 15.7 Å². The van der Waals surface area contributed by atoms with Gasteiger partial charge in [-0.15, -0.1) is 0 Å². The Morgan fingerprint density at radius 2 is 1.89 bits per heavy atom. The van der Waals surface area contributed by atoms with E-state index in [0.717, 1.165) is 19.3 Å². The van der Waals surface area contributed by atoms with Crippen LogP contribution in [0, 0.1) is 5.92 Å². The molecular weight excluding hydrogens is 466 g/mol. The summed E-state index contributed by atoms with van der Waals surface area (Å²) in [6.07, 6.45) is 3.42. The van der Waals surface area contributed by atoms with E-state index in [1.807, 2.05) is 6.92 Å². The molecule has 196 valence electrons. The number of amides is 3. The average molecular weight is 502 g/mol. The number of hydroxylamine groups is 2. The van der Waals surface area contributed by atoms with Crippen molar-refractivity contribution in [3.8, 4) is 11.3 Å². The standard InChI is InChI=1S/C26H35N3O7/c1-5-6-7-9-20(15-29(34)17-30)23(31)27-16-28-24(32)22-13-12-21(35-22)18-10-8-11-19(14-18)25(33)36-26(2,3)4/h8,10-14,17,20,34H,5-7,9,15-16H2,1-4H3,(H,27,31)(H,28,32). The molecule has 1 aromatic carbocycles. The normalized spacial score (nSPS) is 11.9. The lowest BCUT2D eigenvalue weighted by atomic mass is 10.0. The lowest BCUT2D eigenvalue weighted by Gasteiger charge is -2.19. The summed E-state index contributed by atoms with van der Waals surface area (Å²) in [5, 5.41) is 15.1. The molecule has 0 radical (unpaired) electrons. The molecule has 1 atom stereocenters. The van der Waals surface area contributed by atoms with E-state index in [9.17, 15) is 24.4 Å². The number of carbonyl (C=O) groups is 4. The maximum absolute atomic E-state index is 12.5. The lowest BCUT2D eigenvalue weighted by molar-refractivity contribution is -0.154. The predicted molar refractivity (Wildman–Crippen MR) is 132 cm³/mol. The number of nitrogens with one attached hydrogen (secondary N) is 2. The van der Waals surface area contributed by atoms with Gasteiger partial charge >= 0.3 is 5.97 Å². The molecule has 0 spiro atoms. The highest BCUT2D eigenvalue weighted by molar-refractivity contribution is 5.93. The number of esters is 1. The van der Waals surface area contributed by atoms with Crippen LogP contribution in [0.1, 0.15) is 74.3 Å². The van der Waals surface area contributed by atoms with Crippen molar-refractivity contribution in [3.63, 3.8) is 0 Å². The van der Waals surface area contributed by atoms with E-state index in [1.54, 1.807) is 51.1 Å². The number of nitrogens with zero attached hydrogens (tertiary/aromatic N) is 1. The van der Waals surface area contributed by atoms with Crippen molar-refractivity contribution in [1.29, 1.82) is 0 Å². The van der Waals surface area contributed by atoms with Gasteiger partial charge in [0.05, 0.1) is 24.7 Å².